The molecule has 3 nitrogen and oxygen atoms in total. The normalized spacial score (nSPS) is 16.7. The molecule has 0 saturated carbocycles. The number of rotatable bonds is 3. The lowest BCUT2D eigenvalue weighted by Gasteiger charge is -2.35. The fraction of sp³-hybridized carbons (Fsp3) is 0.333. The molecule has 126 valence electrons. The van der Waals surface area contributed by atoms with Crippen molar-refractivity contribution in [1.29, 1.82) is 0 Å². The summed E-state index contributed by atoms with van der Waals surface area (Å²) < 4.78 is 5.33. The summed E-state index contributed by atoms with van der Waals surface area (Å²) in [5.41, 5.74) is 11.0. The molecule has 2 N–H and O–H groups in total. The Labute approximate surface area is 150 Å². The predicted octanol–water partition coefficient (Wildman–Crippen LogP) is 3.89. The summed E-state index contributed by atoms with van der Waals surface area (Å²) in [6, 6.07) is 15.1. The second-order valence-electron chi connectivity index (χ2n) is 5.68. The van der Waals surface area contributed by atoms with Gasteiger partial charge in [0, 0.05) is 12.6 Å². The quantitative estimate of drug-likeness (QED) is 0.849. The van der Waals surface area contributed by atoms with Gasteiger partial charge in [-0.05, 0) is 42.6 Å². The highest BCUT2D eigenvalue weighted by Crippen LogP contribution is 2.34. The summed E-state index contributed by atoms with van der Waals surface area (Å²) in [6.07, 6.45) is 2.04. The number of nitrogens with two attached hydrogens (primary N) is 1. The van der Waals surface area contributed by atoms with Gasteiger partial charge in [0.25, 0.3) is 0 Å². The predicted molar refractivity (Wildman–Crippen MR) is 101 cm³/mol. The van der Waals surface area contributed by atoms with E-state index in [9.17, 15) is 0 Å². The number of likely N-dealkylation sites (N-methyl/N-ethyl adjacent to an activating group) is 1. The van der Waals surface area contributed by atoms with Crippen molar-refractivity contribution in [2.24, 2.45) is 0 Å². The molecule has 1 heterocycles. The number of benzene rings is 2. The first kappa shape index (κ1) is 19.6. The van der Waals surface area contributed by atoms with Gasteiger partial charge in [-0.3, -0.25) is 4.90 Å². The standard InChI is InChI=1S/C18H22N2O.2ClH/c1-20-11-10-13-6-3-4-8-15(13)16(20)12-14-7-5-9-17(21-2)18(14)19;;/h3-9,16H,10-12,19H2,1-2H3;2*1H. The minimum Gasteiger partial charge on any atom is -0.495 e. The van der Waals surface area contributed by atoms with E-state index in [1.807, 2.05) is 12.1 Å². The lowest BCUT2D eigenvalue weighted by Crippen LogP contribution is -2.33. The summed E-state index contributed by atoms with van der Waals surface area (Å²) in [7, 11) is 3.86. The van der Waals surface area contributed by atoms with Crippen LogP contribution in [0, 0.1) is 0 Å². The summed E-state index contributed by atoms with van der Waals surface area (Å²) in [5.74, 6) is 0.763. The van der Waals surface area contributed by atoms with Crippen molar-refractivity contribution in [1.82, 2.24) is 4.90 Å². The topological polar surface area (TPSA) is 38.5 Å². The maximum Gasteiger partial charge on any atom is 0.142 e. The Morgan fingerprint density at radius 2 is 1.87 bits per heavy atom. The van der Waals surface area contributed by atoms with Crippen molar-refractivity contribution >= 4 is 30.5 Å². The van der Waals surface area contributed by atoms with E-state index in [0.717, 1.165) is 36.4 Å². The van der Waals surface area contributed by atoms with Gasteiger partial charge in [-0.2, -0.15) is 0 Å². The molecule has 2 aromatic carbocycles. The van der Waals surface area contributed by atoms with Crippen LogP contribution in [0.5, 0.6) is 5.75 Å². The third-order valence-corrected chi connectivity index (χ3v) is 4.47. The third-order valence-electron chi connectivity index (χ3n) is 4.47. The minimum atomic E-state index is 0. The smallest absolute Gasteiger partial charge is 0.142 e. The van der Waals surface area contributed by atoms with E-state index < -0.39 is 0 Å². The van der Waals surface area contributed by atoms with Crippen LogP contribution < -0.4 is 10.5 Å². The summed E-state index contributed by atoms with van der Waals surface area (Å²) in [6.45, 7) is 1.09. The molecule has 5 heteroatoms. The molecule has 0 saturated heterocycles. The summed E-state index contributed by atoms with van der Waals surface area (Å²) in [4.78, 5) is 2.42. The maximum atomic E-state index is 6.23. The number of ether oxygens (including phenoxy) is 1. The van der Waals surface area contributed by atoms with E-state index in [0.29, 0.717) is 6.04 Å². The summed E-state index contributed by atoms with van der Waals surface area (Å²) in [5, 5.41) is 0. The number of fused-ring (bicyclic) bond motifs is 1. The number of methoxy groups -OCH3 is 1. The Morgan fingerprint density at radius 3 is 2.61 bits per heavy atom. The van der Waals surface area contributed by atoms with Crippen LogP contribution in [0.2, 0.25) is 0 Å². The molecule has 0 aromatic heterocycles. The van der Waals surface area contributed by atoms with Crippen LogP contribution in [-0.4, -0.2) is 25.6 Å². The molecule has 2 aromatic rings. The Kier molecular flexibility index (Phi) is 7.20. The van der Waals surface area contributed by atoms with Crippen LogP contribution in [0.25, 0.3) is 0 Å². The van der Waals surface area contributed by atoms with E-state index in [-0.39, 0.29) is 24.8 Å². The van der Waals surface area contributed by atoms with Gasteiger partial charge in [0.15, 0.2) is 0 Å². The number of hydrogen-bond donors (Lipinski definition) is 1. The first-order valence-corrected chi connectivity index (χ1v) is 7.40. The zero-order chi connectivity index (χ0) is 14.8. The van der Waals surface area contributed by atoms with Gasteiger partial charge in [-0.1, -0.05) is 36.4 Å². The molecule has 0 aliphatic carbocycles. The monoisotopic (exact) mass is 354 g/mol. The fourth-order valence-electron chi connectivity index (χ4n) is 3.20. The minimum absolute atomic E-state index is 0. The Bertz CT molecular complexity index is 649. The van der Waals surface area contributed by atoms with Crippen molar-refractivity contribution in [3.63, 3.8) is 0 Å². The fourth-order valence-corrected chi connectivity index (χ4v) is 3.20. The average molecular weight is 355 g/mol. The van der Waals surface area contributed by atoms with Gasteiger partial charge in [-0.15, -0.1) is 24.8 Å². The second kappa shape index (κ2) is 8.44. The second-order valence-corrected chi connectivity index (χ2v) is 5.68. The molecule has 3 rings (SSSR count). The molecule has 0 amide bonds. The van der Waals surface area contributed by atoms with Crippen molar-refractivity contribution in [2.45, 2.75) is 18.9 Å². The number of nitrogens with zero attached hydrogens (tertiary/aromatic N) is 1. The van der Waals surface area contributed by atoms with Crippen LogP contribution in [0.15, 0.2) is 42.5 Å². The van der Waals surface area contributed by atoms with Crippen LogP contribution in [0.3, 0.4) is 0 Å². The molecule has 23 heavy (non-hydrogen) atoms. The van der Waals surface area contributed by atoms with Crippen molar-refractivity contribution in [3.05, 3.63) is 59.2 Å². The zero-order valence-corrected chi connectivity index (χ0v) is 15.1. The maximum absolute atomic E-state index is 6.23. The molecule has 0 spiro atoms. The summed E-state index contributed by atoms with van der Waals surface area (Å²) >= 11 is 0. The lowest BCUT2D eigenvalue weighted by atomic mass is 9.88. The number of para-hydroxylation sites is 1. The number of anilines is 1. The first-order valence-electron chi connectivity index (χ1n) is 7.40. The highest BCUT2D eigenvalue weighted by molar-refractivity contribution is 5.85. The SMILES string of the molecule is COc1cccc(CC2c3ccccc3CCN2C)c1N.Cl.Cl. The molecular formula is C18H24Cl2N2O. The van der Waals surface area contributed by atoms with E-state index in [1.54, 1.807) is 7.11 Å². The van der Waals surface area contributed by atoms with Crippen LogP contribution >= 0.6 is 24.8 Å². The van der Waals surface area contributed by atoms with Crippen LogP contribution in [0.1, 0.15) is 22.7 Å². The van der Waals surface area contributed by atoms with Gasteiger partial charge >= 0.3 is 0 Å². The van der Waals surface area contributed by atoms with Gasteiger partial charge in [0.05, 0.1) is 12.8 Å². The number of nitrogen functional groups attached to an aromatic ring is 1. The molecule has 0 bridgehead atoms. The highest BCUT2D eigenvalue weighted by atomic mass is 35.5. The van der Waals surface area contributed by atoms with Gasteiger partial charge in [0.2, 0.25) is 0 Å². The van der Waals surface area contributed by atoms with Gasteiger partial charge in [0.1, 0.15) is 5.75 Å². The molecule has 0 fully saturated rings. The molecule has 0 radical (unpaired) electrons. The third kappa shape index (κ3) is 3.92. The van der Waals surface area contributed by atoms with Crippen molar-refractivity contribution in [2.75, 3.05) is 26.4 Å². The number of halogens is 2. The van der Waals surface area contributed by atoms with E-state index >= 15 is 0 Å². The molecule has 1 unspecified atom stereocenters. The molecule has 1 aliphatic rings. The van der Waals surface area contributed by atoms with E-state index in [2.05, 4.69) is 42.3 Å². The van der Waals surface area contributed by atoms with E-state index in [1.165, 1.54) is 11.1 Å². The molecular weight excluding hydrogens is 331 g/mol. The Morgan fingerprint density at radius 1 is 1.13 bits per heavy atom. The van der Waals surface area contributed by atoms with E-state index in [4.69, 9.17) is 10.5 Å². The van der Waals surface area contributed by atoms with Crippen LogP contribution in [0.4, 0.5) is 5.69 Å². The van der Waals surface area contributed by atoms with Gasteiger partial charge in [-0.25, -0.2) is 0 Å². The lowest BCUT2D eigenvalue weighted by molar-refractivity contribution is 0.229. The first-order chi connectivity index (χ1) is 10.2. The van der Waals surface area contributed by atoms with Crippen LogP contribution in [-0.2, 0) is 12.8 Å². The Balaban J connectivity index is 0.00000132. The molecule has 1 atom stereocenters. The van der Waals surface area contributed by atoms with Gasteiger partial charge < -0.3 is 10.5 Å². The zero-order valence-electron chi connectivity index (χ0n) is 13.5. The largest absolute Gasteiger partial charge is 0.495 e. The van der Waals surface area contributed by atoms with Crippen molar-refractivity contribution < 1.29 is 4.74 Å². The molecule has 1 aliphatic heterocycles. The van der Waals surface area contributed by atoms with Crippen molar-refractivity contribution in [3.8, 4) is 5.75 Å². The average Bonchev–Trinajstić information content (AvgIpc) is 2.52. The highest BCUT2D eigenvalue weighted by Gasteiger charge is 2.25. The number of hydrogen-bond acceptors (Lipinski definition) is 3. The Hall–Kier alpha value is -1.42.